The molecule has 0 amide bonds. The van der Waals surface area contributed by atoms with E-state index in [2.05, 4.69) is 0 Å². The maximum atomic E-state index is 10.6. The molecule has 0 spiro atoms. The van der Waals surface area contributed by atoms with Crippen LogP contribution in [0.4, 0.5) is 0 Å². The van der Waals surface area contributed by atoms with Gasteiger partial charge in [0.15, 0.2) is 0 Å². The van der Waals surface area contributed by atoms with Gasteiger partial charge in [-0.1, -0.05) is 30.3 Å². The fraction of sp³-hybridized carbons (Fsp3) is 0.333. The van der Waals surface area contributed by atoms with Gasteiger partial charge in [0.1, 0.15) is 0 Å². The lowest BCUT2D eigenvalue weighted by Gasteiger charge is -2.17. The molecule has 6 heteroatoms. The standard InChI is InChI=1S/C12H15O5P/c13-11(14)6-9(7-12(15)16)8-18(17)10-4-2-1-3-5-10/h1-5,9,17H,6-8H2,(H,13,14)(H,15,16). The molecule has 18 heavy (non-hydrogen) atoms. The van der Waals surface area contributed by atoms with Crippen LogP contribution in [-0.4, -0.2) is 33.2 Å². The first-order chi connectivity index (χ1) is 8.49. The van der Waals surface area contributed by atoms with E-state index in [1.54, 1.807) is 24.3 Å². The van der Waals surface area contributed by atoms with Crippen LogP contribution in [0.2, 0.25) is 0 Å². The Morgan fingerprint density at radius 3 is 2.00 bits per heavy atom. The SMILES string of the molecule is O=C(O)CC(CC(=O)O)CP(O)c1ccccc1. The van der Waals surface area contributed by atoms with Gasteiger partial charge < -0.3 is 15.1 Å². The lowest BCUT2D eigenvalue weighted by molar-refractivity contribution is -0.140. The molecule has 98 valence electrons. The number of hydrogen-bond acceptors (Lipinski definition) is 3. The molecule has 0 radical (unpaired) electrons. The third kappa shape index (κ3) is 5.25. The molecular formula is C12H15O5P. The van der Waals surface area contributed by atoms with Crippen LogP contribution < -0.4 is 5.30 Å². The number of aliphatic carboxylic acids is 2. The van der Waals surface area contributed by atoms with Crippen LogP contribution in [-0.2, 0) is 9.59 Å². The van der Waals surface area contributed by atoms with Crippen LogP contribution in [0.1, 0.15) is 12.8 Å². The van der Waals surface area contributed by atoms with Crippen LogP contribution >= 0.6 is 8.15 Å². The van der Waals surface area contributed by atoms with Crippen LogP contribution in [0.25, 0.3) is 0 Å². The molecule has 0 aromatic heterocycles. The van der Waals surface area contributed by atoms with Gasteiger partial charge in [-0.2, -0.15) is 0 Å². The van der Waals surface area contributed by atoms with Crippen molar-refractivity contribution in [2.45, 2.75) is 12.8 Å². The van der Waals surface area contributed by atoms with E-state index in [-0.39, 0.29) is 19.0 Å². The lowest BCUT2D eigenvalue weighted by atomic mass is 10.0. The summed E-state index contributed by atoms with van der Waals surface area (Å²) in [6, 6.07) is 8.89. The molecule has 0 aliphatic rings. The highest BCUT2D eigenvalue weighted by Gasteiger charge is 2.21. The second-order valence-electron chi connectivity index (χ2n) is 3.98. The smallest absolute Gasteiger partial charge is 0.303 e. The van der Waals surface area contributed by atoms with Gasteiger partial charge in [-0.3, -0.25) is 9.59 Å². The molecule has 0 fully saturated rings. The third-order valence-electron chi connectivity index (χ3n) is 2.41. The highest BCUT2D eigenvalue weighted by Crippen LogP contribution is 2.33. The molecule has 0 saturated carbocycles. The van der Waals surface area contributed by atoms with Crippen LogP contribution in [0.3, 0.4) is 0 Å². The van der Waals surface area contributed by atoms with Gasteiger partial charge in [-0.25, -0.2) is 0 Å². The Kier molecular flexibility index (Phi) is 5.75. The number of carboxylic acid groups (broad SMARTS) is 2. The molecule has 0 aliphatic carbocycles. The molecule has 1 atom stereocenters. The average molecular weight is 270 g/mol. The first-order valence-electron chi connectivity index (χ1n) is 5.44. The fourth-order valence-electron chi connectivity index (χ4n) is 1.65. The monoisotopic (exact) mass is 270 g/mol. The molecule has 0 bridgehead atoms. The molecule has 0 heterocycles. The van der Waals surface area contributed by atoms with Gasteiger partial charge in [-0.15, -0.1) is 0 Å². The largest absolute Gasteiger partial charge is 0.481 e. The summed E-state index contributed by atoms with van der Waals surface area (Å²) in [5, 5.41) is 18.2. The first kappa shape index (κ1) is 14.6. The van der Waals surface area contributed by atoms with Gasteiger partial charge >= 0.3 is 11.9 Å². The third-order valence-corrected chi connectivity index (χ3v) is 4.17. The van der Waals surface area contributed by atoms with Crippen molar-refractivity contribution in [3.8, 4) is 0 Å². The van der Waals surface area contributed by atoms with Crippen molar-refractivity contribution in [1.29, 1.82) is 0 Å². The summed E-state index contributed by atoms with van der Waals surface area (Å²) in [4.78, 5) is 31.3. The van der Waals surface area contributed by atoms with E-state index in [9.17, 15) is 14.5 Å². The lowest BCUT2D eigenvalue weighted by Crippen LogP contribution is -2.18. The van der Waals surface area contributed by atoms with E-state index >= 15 is 0 Å². The molecule has 1 aromatic rings. The number of carbonyl (C=O) groups is 2. The minimum absolute atomic E-state index is 0.192. The van der Waals surface area contributed by atoms with E-state index in [1.807, 2.05) is 6.07 Å². The summed E-state index contributed by atoms with van der Waals surface area (Å²) in [7, 11) is -1.50. The summed E-state index contributed by atoms with van der Waals surface area (Å²) >= 11 is 0. The Bertz CT molecular complexity index is 390. The van der Waals surface area contributed by atoms with Gasteiger partial charge in [0.25, 0.3) is 0 Å². The van der Waals surface area contributed by atoms with Crippen molar-refractivity contribution in [3.05, 3.63) is 30.3 Å². The van der Waals surface area contributed by atoms with E-state index in [4.69, 9.17) is 10.2 Å². The summed E-state index contributed by atoms with van der Waals surface area (Å²) in [6.07, 6.45) is -0.283. The summed E-state index contributed by atoms with van der Waals surface area (Å²) in [6.45, 7) is 0. The first-order valence-corrected chi connectivity index (χ1v) is 6.92. The Morgan fingerprint density at radius 1 is 1.06 bits per heavy atom. The van der Waals surface area contributed by atoms with E-state index < -0.39 is 26.0 Å². The highest BCUT2D eigenvalue weighted by atomic mass is 31.1. The minimum atomic E-state index is -1.50. The van der Waals surface area contributed by atoms with Gasteiger partial charge in [0, 0.05) is 18.1 Å². The Morgan fingerprint density at radius 2 is 1.56 bits per heavy atom. The zero-order chi connectivity index (χ0) is 13.5. The van der Waals surface area contributed by atoms with Crippen molar-refractivity contribution < 1.29 is 24.7 Å². The van der Waals surface area contributed by atoms with E-state index in [1.165, 1.54) is 0 Å². The number of carboxylic acids is 2. The molecule has 0 saturated heterocycles. The second-order valence-corrected chi connectivity index (χ2v) is 5.66. The molecule has 1 rings (SSSR count). The molecule has 3 N–H and O–H groups in total. The highest BCUT2D eigenvalue weighted by molar-refractivity contribution is 7.59. The van der Waals surface area contributed by atoms with E-state index in [0.717, 1.165) is 5.30 Å². The maximum Gasteiger partial charge on any atom is 0.303 e. The van der Waals surface area contributed by atoms with Crippen LogP contribution in [0, 0.1) is 5.92 Å². The minimum Gasteiger partial charge on any atom is -0.481 e. The molecule has 1 unspecified atom stereocenters. The summed E-state index contributed by atoms with van der Waals surface area (Å²) in [5.41, 5.74) is 0. The summed E-state index contributed by atoms with van der Waals surface area (Å²) < 4.78 is 0. The predicted molar refractivity (Wildman–Crippen MR) is 68.1 cm³/mol. The van der Waals surface area contributed by atoms with Gasteiger partial charge in [0.05, 0.1) is 8.15 Å². The second kappa shape index (κ2) is 7.09. The Labute approximate surface area is 106 Å². The van der Waals surface area contributed by atoms with Crippen molar-refractivity contribution in [2.24, 2.45) is 5.92 Å². The average Bonchev–Trinajstić information content (AvgIpc) is 2.28. The molecule has 1 aromatic carbocycles. The molecular weight excluding hydrogens is 255 g/mol. The summed E-state index contributed by atoms with van der Waals surface area (Å²) in [5.74, 6) is -2.63. The predicted octanol–water partition coefficient (Wildman–Crippen LogP) is 1.27. The Hall–Kier alpha value is -1.45. The molecule has 5 nitrogen and oxygen atoms in total. The Balaban J connectivity index is 2.64. The fourth-order valence-corrected chi connectivity index (χ4v) is 3.12. The van der Waals surface area contributed by atoms with Gasteiger partial charge in [-0.05, 0) is 12.1 Å². The quantitative estimate of drug-likeness (QED) is 0.648. The number of rotatable bonds is 7. The van der Waals surface area contributed by atoms with Crippen LogP contribution in [0.15, 0.2) is 30.3 Å². The normalized spacial score (nSPS) is 12.3. The topological polar surface area (TPSA) is 94.8 Å². The molecule has 0 aliphatic heterocycles. The van der Waals surface area contributed by atoms with Crippen molar-refractivity contribution >= 4 is 25.4 Å². The zero-order valence-electron chi connectivity index (χ0n) is 9.69. The maximum absolute atomic E-state index is 10.6. The van der Waals surface area contributed by atoms with Gasteiger partial charge in [0.2, 0.25) is 0 Å². The van der Waals surface area contributed by atoms with Crippen molar-refractivity contribution in [2.75, 3.05) is 6.16 Å². The van der Waals surface area contributed by atoms with Crippen molar-refractivity contribution in [1.82, 2.24) is 0 Å². The number of hydrogen-bond donors (Lipinski definition) is 3. The van der Waals surface area contributed by atoms with Crippen molar-refractivity contribution in [3.63, 3.8) is 0 Å². The number of benzene rings is 1. The van der Waals surface area contributed by atoms with Crippen LogP contribution in [0.5, 0.6) is 0 Å². The van der Waals surface area contributed by atoms with E-state index in [0.29, 0.717) is 0 Å². The zero-order valence-corrected chi connectivity index (χ0v) is 10.6.